The van der Waals surface area contributed by atoms with Gasteiger partial charge in [0.1, 0.15) is 0 Å². The highest BCUT2D eigenvalue weighted by molar-refractivity contribution is 5.80. The highest BCUT2D eigenvalue weighted by Gasteiger charge is 2.45. The highest BCUT2D eigenvalue weighted by Crippen LogP contribution is 2.38. The van der Waals surface area contributed by atoms with E-state index < -0.39 is 11.4 Å². The Morgan fingerprint density at radius 1 is 1.41 bits per heavy atom. The van der Waals surface area contributed by atoms with Gasteiger partial charge in [0.05, 0.1) is 5.41 Å². The van der Waals surface area contributed by atoms with E-state index in [0.717, 1.165) is 32.1 Å². The average Bonchev–Trinajstić information content (AvgIpc) is 2.62. The van der Waals surface area contributed by atoms with Gasteiger partial charge in [-0.25, -0.2) is 0 Å². The third-order valence-electron chi connectivity index (χ3n) is 3.79. The van der Waals surface area contributed by atoms with Crippen molar-refractivity contribution in [3.8, 4) is 0 Å². The van der Waals surface area contributed by atoms with E-state index in [1.54, 1.807) is 6.92 Å². The number of aliphatic carboxylic acids is 1. The van der Waals surface area contributed by atoms with Crippen LogP contribution in [0.1, 0.15) is 58.8 Å². The number of hydrogen-bond donors (Lipinski definition) is 2. The van der Waals surface area contributed by atoms with Crippen molar-refractivity contribution in [1.29, 1.82) is 0 Å². The molecule has 0 aromatic carbocycles. The largest absolute Gasteiger partial charge is 0.481 e. The lowest BCUT2D eigenvalue weighted by Crippen LogP contribution is -2.46. The number of nitrogens with one attached hydrogen (secondary N) is 1. The smallest absolute Gasteiger partial charge is 0.311 e. The second-order valence-electron chi connectivity index (χ2n) is 5.19. The van der Waals surface area contributed by atoms with E-state index in [2.05, 4.69) is 12.2 Å². The Balaban J connectivity index is 2.45. The van der Waals surface area contributed by atoms with Gasteiger partial charge in [-0.2, -0.15) is 0 Å². The summed E-state index contributed by atoms with van der Waals surface area (Å²) in [6, 6.07) is -0.200. The second-order valence-corrected chi connectivity index (χ2v) is 5.19. The van der Waals surface area contributed by atoms with Crippen LogP contribution >= 0.6 is 0 Å². The monoisotopic (exact) mass is 241 g/mol. The maximum atomic E-state index is 11.7. The minimum Gasteiger partial charge on any atom is -0.481 e. The Morgan fingerprint density at radius 3 is 2.71 bits per heavy atom. The number of carbonyl (C=O) groups excluding carboxylic acids is 1. The molecule has 1 amide bonds. The Hall–Kier alpha value is -1.06. The molecule has 0 radical (unpaired) electrons. The fourth-order valence-corrected chi connectivity index (χ4v) is 2.46. The van der Waals surface area contributed by atoms with E-state index in [0.29, 0.717) is 12.8 Å². The zero-order valence-corrected chi connectivity index (χ0v) is 10.8. The van der Waals surface area contributed by atoms with Gasteiger partial charge in [0.15, 0.2) is 0 Å². The fraction of sp³-hybridized carbons (Fsp3) is 0.846. The Labute approximate surface area is 103 Å². The maximum Gasteiger partial charge on any atom is 0.311 e. The summed E-state index contributed by atoms with van der Waals surface area (Å²) < 4.78 is 0. The van der Waals surface area contributed by atoms with Crippen molar-refractivity contribution >= 4 is 11.9 Å². The molecule has 0 aromatic heterocycles. The van der Waals surface area contributed by atoms with Crippen molar-refractivity contribution in [3.05, 3.63) is 0 Å². The third kappa shape index (κ3) is 3.45. The van der Waals surface area contributed by atoms with Crippen molar-refractivity contribution in [2.45, 2.75) is 64.8 Å². The van der Waals surface area contributed by atoms with Gasteiger partial charge in [0, 0.05) is 12.5 Å². The molecule has 0 heterocycles. The molecular weight excluding hydrogens is 218 g/mol. The van der Waals surface area contributed by atoms with Crippen molar-refractivity contribution < 1.29 is 14.7 Å². The van der Waals surface area contributed by atoms with Crippen LogP contribution in [0.2, 0.25) is 0 Å². The van der Waals surface area contributed by atoms with Gasteiger partial charge >= 0.3 is 5.97 Å². The summed E-state index contributed by atoms with van der Waals surface area (Å²) in [6.45, 7) is 3.83. The lowest BCUT2D eigenvalue weighted by Gasteiger charge is -2.27. The summed E-state index contributed by atoms with van der Waals surface area (Å²) in [5, 5.41) is 12.1. The van der Waals surface area contributed by atoms with Crippen LogP contribution in [0.5, 0.6) is 0 Å². The van der Waals surface area contributed by atoms with Crippen LogP contribution < -0.4 is 5.32 Å². The molecule has 1 aliphatic carbocycles. The fourth-order valence-electron chi connectivity index (χ4n) is 2.46. The first-order valence-corrected chi connectivity index (χ1v) is 6.53. The quantitative estimate of drug-likeness (QED) is 0.701. The first-order chi connectivity index (χ1) is 8.00. The summed E-state index contributed by atoms with van der Waals surface area (Å²) >= 11 is 0. The minimum absolute atomic E-state index is 0.00201. The summed E-state index contributed by atoms with van der Waals surface area (Å²) in [4.78, 5) is 22.9. The molecular formula is C13H23NO3. The second kappa shape index (κ2) is 6.03. The maximum absolute atomic E-state index is 11.7. The number of hydrogen-bond acceptors (Lipinski definition) is 2. The third-order valence-corrected chi connectivity index (χ3v) is 3.79. The topological polar surface area (TPSA) is 66.4 Å². The number of carboxylic acids is 1. The molecule has 4 nitrogen and oxygen atoms in total. The Kier molecular flexibility index (Phi) is 4.97. The number of carboxylic acid groups (broad SMARTS) is 1. The molecule has 1 rings (SSSR count). The summed E-state index contributed by atoms with van der Waals surface area (Å²) in [6.07, 6.45) is 5.85. The molecule has 1 aliphatic rings. The van der Waals surface area contributed by atoms with E-state index in [4.69, 9.17) is 0 Å². The van der Waals surface area contributed by atoms with E-state index >= 15 is 0 Å². The van der Waals surface area contributed by atoms with Gasteiger partial charge < -0.3 is 10.4 Å². The summed E-state index contributed by atoms with van der Waals surface area (Å²) in [5.41, 5.74) is -0.777. The molecule has 1 saturated carbocycles. The lowest BCUT2D eigenvalue weighted by molar-refractivity contribution is -0.149. The molecule has 4 heteroatoms. The lowest BCUT2D eigenvalue weighted by atomic mass is 9.85. The van der Waals surface area contributed by atoms with Crippen molar-refractivity contribution in [1.82, 2.24) is 5.32 Å². The van der Waals surface area contributed by atoms with Gasteiger partial charge in [0.2, 0.25) is 5.91 Å². The average molecular weight is 241 g/mol. The number of amides is 1. The van der Waals surface area contributed by atoms with E-state index in [-0.39, 0.29) is 11.9 Å². The van der Waals surface area contributed by atoms with Gasteiger partial charge in [-0.3, -0.25) is 9.59 Å². The predicted molar refractivity (Wildman–Crippen MR) is 65.7 cm³/mol. The normalized spacial score (nSPS) is 28.0. The molecule has 98 valence electrons. The standard InChI is InChI=1S/C13H23NO3/c1-3-4-5-8-11(15)14-10-7-6-9-13(10,2)12(16)17/h10H,3-9H2,1-2H3,(H,14,15)(H,16,17). The predicted octanol–water partition coefficient (Wildman–Crippen LogP) is 2.33. The van der Waals surface area contributed by atoms with Crippen molar-refractivity contribution in [2.24, 2.45) is 5.41 Å². The zero-order chi connectivity index (χ0) is 12.9. The first kappa shape index (κ1) is 14.0. The highest BCUT2D eigenvalue weighted by atomic mass is 16.4. The van der Waals surface area contributed by atoms with Gasteiger partial charge in [-0.1, -0.05) is 26.2 Å². The Morgan fingerprint density at radius 2 is 2.12 bits per heavy atom. The number of carbonyl (C=O) groups is 2. The molecule has 0 saturated heterocycles. The van der Waals surface area contributed by atoms with Crippen LogP contribution in [0.15, 0.2) is 0 Å². The molecule has 0 aliphatic heterocycles. The van der Waals surface area contributed by atoms with E-state index in [1.165, 1.54) is 0 Å². The van der Waals surface area contributed by atoms with Crippen LogP contribution in [-0.2, 0) is 9.59 Å². The summed E-state index contributed by atoms with van der Waals surface area (Å²) in [5.74, 6) is -0.799. The van der Waals surface area contributed by atoms with Gasteiger partial charge in [-0.15, -0.1) is 0 Å². The number of unbranched alkanes of at least 4 members (excludes halogenated alkanes) is 2. The molecule has 0 spiro atoms. The molecule has 1 fully saturated rings. The SMILES string of the molecule is CCCCCC(=O)NC1CCCC1(C)C(=O)O. The Bertz CT molecular complexity index is 290. The minimum atomic E-state index is -0.797. The van der Waals surface area contributed by atoms with E-state index in [1.807, 2.05) is 0 Å². The van der Waals surface area contributed by atoms with Crippen molar-refractivity contribution in [3.63, 3.8) is 0 Å². The number of rotatable bonds is 6. The molecule has 2 unspecified atom stereocenters. The van der Waals surface area contributed by atoms with Crippen LogP contribution in [0, 0.1) is 5.41 Å². The molecule has 2 atom stereocenters. The van der Waals surface area contributed by atoms with Gasteiger partial charge in [0.25, 0.3) is 0 Å². The molecule has 2 N–H and O–H groups in total. The van der Waals surface area contributed by atoms with Gasteiger partial charge in [-0.05, 0) is 26.2 Å². The van der Waals surface area contributed by atoms with Crippen LogP contribution in [-0.4, -0.2) is 23.0 Å². The summed E-state index contributed by atoms with van der Waals surface area (Å²) in [7, 11) is 0. The van der Waals surface area contributed by atoms with Crippen molar-refractivity contribution in [2.75, 3.05) is 0 Å². The molecule has 0 bridgehead atoms. The van der Waals surface area contributed by atoms with Crippen LogP contribution in [0.3, 0.4) is 0 Å². The van der Waals surface area contributed by atoms with Crippen LogP contribution in [0.4, 0.5) is 0 Å². The first-order valence-electron chi connectivity index (χ1n) is 6.53. The van der Waals surface area contributed by atoms with Crippen LogP contribution in [0.25, 0.3) is 0 Å². The molecule has 17 heavy (non-hydrogen) atoms. The molecule has 0 aromatic rings. The zero-order valence-electron chi connectivity index (χ0n) is 10.8. The van der Waals surface area contributed by atoms with E-state index in [9.17, 15) is 14.7 Å².